The molecule has 0 spiro atoms. The van der Waals surface area contributed by atoms with Crippen molar-refractivity contribution in [1.29, 1.82) is 0 Å². The van der Waals surface area contributed by atoms with E-state index >= 15 is 0 Å². The van der Waals surface area contributed by atoms with Crippen LogP contribution in [0, 0.1) is 0 Å². The van der Waals surface area contributed by atoms with Crippen molar-refractivity contribution in [1.82, 2.24) is 9.88 Å². The normalized spacial score (nSPS) is 15.1. The quantitative estimate of drug-likeness (QED) is 0.636. The Bertz CT molecular complexity index is 953. The number of H-pyrrole nitrogens is 1. The summed E-state index contributed by atoms with van der Waals surface area (Å²) in [6.07, 6.45) is 7.56. The van der Waals surface area contributed by atoms with Gasteiger partial charge in [0.15, 0.2) is 0 Å². The standard InChI is InChI=1S/C24H28N2O/c1-4-26(17-18-8-6-5-7-9-18)15-13-19-16-25-21-10-11-22-20(23(19)21)12-14-24(2,3)27-22/h5-12,14,16,25H,4,13,15,17H2,1-3H3. The fourth-order valence-electron chi connectivity index (χ4n) is 3.83. The molecule has 0 saturated carbocycles. The van der Waals surface area contributed by atoms with Crippen molar-refractivity contribution >= 4 is 17.0 Å². The zero-order valence-corrected chi connectivity index (χ0v) is 16.5. The van der Waals surface area contributed by atoms with E-state index in [2.05, 4.69) is 91.5 Å². The van der Waals surface area contributed by atoms with E-state index in [4.69, 9.17) is 4.74 Å². The molecule has 0 amide bonds. The molecule has 0 radical (unpaired) electrons. The molecule has 2 aromatic carbocycles. The van der Waals surface area contributed by atoms with Gasteiger partial charge in [0.25, 0.3) is 0 Å². The van der Waals surface area contributed by atoms with Gasteiger partial charge in [-0.1, -0.05) is 43.3 Å². The number of fused-ring (bicyclic) bond motifs is 3. The third-order valence-corrected chi connectivity index (χ3v) is 5.35. The maximum absolute atomic E-state index is 6.17. The maximum atomic E-state index is 6.17. The molecule has 1 N–H and O–H groups in total. The van der Waals surface area contributed by atoms with E-state index in [1.807, 2.05) is 0 Å². The second-order valence-corrected chi connectivity index (χ2v) is 7.86. The number of aromatic nitrogens is 1. The number of benzene rings is 2. The number of hydrogen-bond acceptors (Lipinski definition) is 2. The van der Waals surface area contributed by atoms with Gasteiger partial charge in [0.1, 0.15) is 11.4 Å². The molecule has 140 valence electrons. The van der Waals surface area contributed by atoms with Crippen molar-refractivity contribution in [2.24, 2.45) is 0 Å². The number of nitrogens with one attached hydrogen (secondary N) is 1. The molecule has 0 fully saturated rings. The van der Waals surface area contributed by atoms with Crippen molar-refractivity contribution in [2.75, 3.05) is 13.1 Å². The molecule has 0 saturated heterocycles. The first-order chi connectivity index (χ1) is 13.1. The molecule has 0 aliphatic carbocycles. The summed E-state index contributed by atoms with van der Waals surface area (Å²) in [7, 11) is 0. The second-order valence-electron chi connectivity index (χ2n) is 7.86. The average molecular weight is 361 g/mol. The van der Waals surface area contributed by atoms with Gasteiger partial charge in [0.05, 0.1) is 0 Å². The molecule has 3 aromatic rings. The number of hydrogen-bond donors (Lipinski definition) is 1. The molecule has 27 heavy (non-hydrogen) atoms. The Hall–Kier alpha value is -2.52. The van der Waals surface area contributed by atoms with Gasteiger partial charge in [-0.25, -0.2) is 0 Å². The lowest BCUT2D eigenvalue weighted by Gasteiger charge is -2.28. The van der Waals surface area contributed by atoms with E-state index in [0.29, 0.717) is 0 Å². The van der Waals surface area contributed by atoms with Gasteiger partial charge < -0.3 is 9.72 Å². The van der Waals surface area contributed by atoms with Gasteiger partial charge >= 0.3 is 0 Å². The topological polar surface area (TPSA) is 28.3 Å². The molecule has 3 heteroatoms. The van der Waals surface area contributed by atoms with Crippen molar-refractivity contribution in [3.63, 3.8) is 0 Å². The fraction of sp³-hybridized carbons (Fsp3) is 0.333. The third kappa shape index (κ3) is 3.79. The summed E-state index contributed by atoms with van der Waals surface area (Å²) in [5, 5.41) is 1.30. The summed E-state index contributed by atoms with van der Waals surface area (Å²) < 4.78 is 6.17. The van der Waals surface area contributed by atoms with Crippen LogP contribution in [0.15, 0.2) is 54.7 Å². The number of aromatic amines is 1. The predicted molar refractivity (Wildman–Crippen MR) is 113 cm³/mol. The minimum absolute atomic E-state index is 0.244. The van der Waals surface area contributed by atoms with E-state index in [1.165, 1.54) is 27.6 Å². The molecule has 1 aliphatic rings. The van der Waals surface area contributed by atoms with Gasteiger partial charge in [-0.05, 0) is 56.1 Å². The Labute approximate surface area is 161 Å². The smallest absolute Gasteiger partial charge is 0.128 e. The Kier molecular flexibility index (Phi) is 4.79. The molecule has 3 nitrogen and oxygen atoms in total. The molecule has 0 unspecified atom stereocenters. The van der Waals surface area contributed by atoms with E-state index < -0.39 is 0 Å². The van der Waals surface area contributed by atoms with Crippen LogP contribution in [0.2, 0.25) is 0 Å². The van der Waals surface area contributed by atoms with Crippen LogP contribution >= 0.6 is 0 Å². The minimum Gasteiger partial charge on any atom is -0.483 e. The number of ether oxygens (including phenoxy) is 1. The molecule has 4 rings (SSSR count). The van der Waals surface area contributed by atoms with Crippen LogP contribution in [-0.4, -0.2) is 28.6 Å². The van der Waals surface area contributed by atoms with Crippen LogP contribution in [-0.2, 0) is 13.0 Å². The van der Waals surface area contributed by atoms with Gasteiger partial charge in [0, 0.05) is 35.8 Å². The summed E-state index contributed by atoms with van der Waals surface area (Å²) in [4.78, 5) is 5.94. The number of likely N-dealkylation sites (N-methyl/N-ethyl adjacent to an activating group) is 1. The predicted octanol–water partition coefficient (Wildman–Crippen LogP) is 5.42. The lowest BCUT2D eigenvalue weighted by molar-refractivity contribution is 0.159. The van der Waals surface area contributed by atoms with E-state index in [9.17, 15) is 0 Å². The van der Waals surface area contributed by atoms with Crippen LogP contribution in [0.1, 0.15) is 37.5 Å². The highest BCUT2D eigenvalue weighted by atomic mass is 16.5. The van der Waals surface area contributed by atoms with Gasteiger partial charge in [-0.2, -0.15) is 0 Å². The fourth-order valence-corrected chi connectivity index (χ4v) is 3.83. The molecule has 1 aliphatic heterocycles. The molecular weight excluding hydrogens is 332 g/mol. The Morgan fingerprint density at radius 3 is 2.67 bits per heavy atom. The van der Waals surface area contributed by atoms with E-state index in [1.54, 1.807) is 0 Å². The zero-order valence-electron chi connectivity index (χ0n) is 16.5. The number of rotatable bonds is 6. The molecule has 0 bridgehead atoms. The van der Waals surface area contributed by atoms with Crippen molar-refractivity contribution in [3.8, 4) is 5.75 Å². The highest BCUT2D eigenvalue weighted by Crippen LogP contribution is 2.37. The van der Waals surface area contributed by atoms with Gasteiger partial charge in [-0.3, -0.25) is 4.90 Å². The van der Waals surface area contributed by atoms with E-state index in [0.717, 1.165) is 31.8 Å². The van der Waals surface area contributed by atoms with Crippen LogP contribution in [0.4, 0.5) is 0 Å². The largest absolute Gasteiger partial charge is 0.483 e. The van der Waals surface area contributed by atoms with Crippen molar-refractivity contribution in [3.05, 3.63) is 71.4 Å². The van der Waals surface area contributed by atoms with Crippen molar-refractivity contribution in [2.45, 2.75) is 39.3 Å². The first kappa shape index (κ1) is 17.9. The average Bonchev–Trinajstić information content (AvgIpc) is 3.08. The Balaban J connectivity index is 1.56. The highest BCUT2D eigenvalue weighted by Gasteiger charge is 2.24. The second kappa shape index (κ2) is 7.24. The van der Waals surface area contributed by atoms with Gasteiger partial charge in [0.2, 0.25) is 0 Å². The highest BCUT2D eigenvalue weighted by molar-refractivity contribution is 5.94. The SMILES string of the molecule is CCN(CCc1c[nH]c2ccc3c(c12)C=CC(C)(C)O3)Cc1ccccc1. The monoisotopic (exact) mass is 360 g/mol. The van der Waals surface area contributed by atoms with Gasteiger partial charge in [-0.15, -0.1) is 0 Å². The lowest BCUT2D eigenvalue weighted by Crippen LogP contribution is -2.27. The summed E-state index contributed by atoms with van der Waals surface area (Å²) in [5.74, 6) is 0.979. The molecule has 2 heterocycles. The van der Waals surface area contributed by atoms with Crippen LogP contribution in [0.25, 0.3) is 17.0 Å². The van der Waals surface area contributed by atoms with Crippen LogP contribution < -0.4 is 4.74 Å². The Morgan fingerprint density at radius 2 is 1.89 bits per heavy atom. The molecule has 1 aromatic heterocycles. The minimum atomic E-state index is -0.244. The Morgan fingerprint density at radius 1 is 1.07 bits per heavy atom. The van der Waals surface area contributed by atoms with Crippen molar-refractivity contribution < 1.29 is 4.74 Å². The van der Waals surface area contributed by atoms with E-state index in [-0.39, 0.29) is 5.60 Å². The van der Waals surface area contributed by atoms with Crippen LogP contribution in [0.3, 0.4) is 0 Å². The summed E-state index contributed by atoms with van der Waals surface area (Å²) in [5.41, 5.74) is 4.87. The lowest BCUT2D eigenvalue weighted by atomic mass is 9.97. The molecule has 0 atom stereocenters. The van der Waals surface area contributed by atoms with Crippen LogP contribution in [0.5, 0.6) is 5.75 Å². The number of nitrogens with zero attached hydrogens (tertiary/aromatic N) is 1. The molecular formula is C24H28N2O. The first-order valence-corrected chi connectivity index (χ1v) is 9.83. The first-order valence-electron chi connectivity index (χ1n) is 9.83. The summed E-state index contributed by atoms with van der Waals surface area (Å²) >= 11 is 0. The summed E-state index contributed by atoms with van der Waals surface area (Å²) in [6.45, 7) is 9.51. The summed E-state index contributed by atoms with van der Waals surface area (Å²) in [6, 6.07) is 14.9. The third-order valence-electron chi connectivity index (χ3n) is 5.35. The maximum Gasteiger partial charge on any atom is 0.128 e. The zero-order chi connectivity index (χ0) is 18.9.